The van der Waals surface area contributed by atoms with Crippen LogP contribution in [-0.2, 0) is 0 Å². The molecule has 0 saturated heterocycles. The number of hydrogen-bond acceptors (Lipinski definition) is 2. The van der Waals surface area contributed by atoms with Gasteiger partial charge in [-0.3, -0.25) is 5.43 Å². The Hall–Kier alpha value is -1.06. The van der Waals surface area contributed by atoms with Gasteiger partial charge in [-0.25, -0.2) is 0 Å². The van der Waals surface area contributed by atoms with Gasteiger partial charge in [-0.05, 0) is 12.8 Å². The fraction of sp³-hybridized carbons (Fsp3) is 0.667. The number of allylic oxidation sites excluding steroid dienone is 2. The first-order valence-corrected chi connectivity index (χ1v) is 3.24. The van der Waals surface area contributed by atoms with Crippen molar-refractivity contribution >= 4 is 0 Å². The highest BCUT2D eigenvalue weighted by Gasteiger charge is 1.98. The second-order valence-corrected chi connectivity index (χ2v) is 2.23. The second-order valence-electron chi connectivity index (χ2n) is 2.23. The van der Waals surface area contributed by atoms with Crippen LogP contribution in [0.4, 0.5) is 0 Å². The van der Waals surface area contributed by atoms with Crippen LogP contribution in [0, 0.1) is 5.92 Å². The van der Waals surface area contributed by atoms with Crippen molar-refractivity contribution in [1.29, 1.82) is 0 Å². The molecule has 0 spiro atoms. The monoisotopic (exact) mass is 142 g/mol. The second kappa shape index (κ2) is 4.78. The molecule has 0 rings (SSSR count). The summed E-state index contributed by atoms with van der Waals surface area (Å²) in [6.07, 6.45) is 1.94. The van der Waals surface area contributed by atoms with E-state index in [0.717, 1.165) is 5.70 Å². The van der Waals surface area contributed by atoms with Crippen molar-refractivity contribution in [1.82, 2.24) is 5.43 Å². The third-order valence-electron chi connectivity index (χ3n) is 1.17. The highest BCUT2D eigenvalue weighted by Crippen LogP contribution is 2.04. The highest BCUT2D eigenvalue weighted by molar-refractivity contribution is 4.98. The zero-order valence-electron chi connectivity index (χ0n) is 6.63. The van der Waals surface area contributed by atoms with Gasteiger partial charge in [0.15, 0.2) is 0 Å². The summed E-state index contributed by atoms with van der Waals surface area (Å²) < 4.78 is 0. The lowest BCUT2D eigenvalue weighted by Gasteiger charge is -2.07. The average molecular weight is 142 g/mol. The lowest BCUT2D eigenvalue weighted by atomic mass is 10.1. The summed E-state index contributed by atoms with van der Waals surface area (Å²) in [5, 5.41) is 6.53. The molecule has 0 atom stereocenters. The summed E-state index contributed by atoms with van der Waals surface area (Å²) in [5.41, 5.74) is 3.74. The van der Waals surface area contributed by atoms with Crippen LogP contribution in [0.3, 0.4) is 0 Å². The molecule has 0 aliphatic carbocycles. The molecule has 0 aliphatic rings. The van der Waals surface area contributed by atoms with Crippen LogP contribution < -0.4 is 11.3 Å². The third-order valence-corrected chi connectivity index (χ3v) is 1.17. The smallest absolute Gasteiger partial charge is 0.0336 e. The fourth-order valence-corrected chi connectivity index (χ4v) is 0.614. The topological polar surface area (TPSA) is 62.8 Å². The van der Waals surface area contributed by atoms with Gasteiger partial charge in [-0.2, -0.15) is 0 Å². The molecule has 0 bridgehead atoms. The minimum Gasteiger partial charge on any atom is -0.303 e. The van der Waals surface area contributed by atoms with E-state index in [0.29, 0.717) is 5.92 Å². The summed E-state index contributed by atoms with van der Waals surface area (Å²) in [7, 11) is 0. The standard InChI is InChI=1S/C6H14N4/c1-4-6(5(2)3)8-10-9-7/h4-5H,1-3H3,(H2,7,10)(H,8,9)/b6-4-. The Kier molecular flexibility index (Phi) is 4.28. The van der Waals surface area contributed by atoms with Crippen molar-refractivity contribution in [2.24, 2.45) is 22.2 Å². The van der Waals surface area contributed by atoms with Crippen LogP contribution in [0.2, 0.25) is 0 Å². The summed E-state index contributed by atoms with van der Waals surface area (Å²) in [5.74, 6) is 5.23. The summed E-state index contributed by atoms with van der Waals surface area (Å²) in [6, 6.07) is 0. The van der Waals surface area contributed by atoms with Crippen molar-refractivity contribution in [2.75, 3.05) is 0 Å². The van der Waals surface area contributed by atoms with E-state index in [1.165, 1.54) is 0 Å². The van der Waals surface area contributed by atoms with Crippen molar-refractivity contribution < 1.29 is 0 Å². The molecule has 0 unspecified atom stereocenters. The lowest BCUT2D eigenvalue weighted by Crippen LogP contribution is -2.10. The fourth-order valence-electron chi connectivity index (χ4n) is 0.614. The normalized spacial score (nSPS) is 13.0. The first-order valence-electron chi connectivity index (χ1n) is 3.24. The van der Waals surface area contributed by atoms with E-state index in [9.17, 15) is 0 Å². The number of nitrogens with zero attached hydrogens (tertiary/aromatic N) is 2. The minimum atomic E-state index is 0.426. The molecule has 0 aromatic heterocycles. The maximum atomic E-state index is 4.80. The van der Waals surface area contributed by atoms with E-state index in [1.807, 2.05) is 13.0 Å². The lowest BCUT2D eigenvalue weighted by molar-refractivity contribution is 0.643. The Labute approximate surface area is 61.2 Å². The van der Waals surface area contributed by atoms with Crippen molar-refractivity contribution in [3.8, 4) is 0 Å². The van der Waals surface area contributed by atoms with Gasteiger partial charge >= 0.3 is 0 Å². The van der Waals surface area contributed by atoms with Gasteiger partial charge in [0, 0.05) is 5.70 Å². The molecule has 4 nitrogen and oxygen atoms in total. The Morgan fingerprint density at radius 2 is 2.20 bits per heavy atom. The summed E-state index contributed by atoms with van der Waals surface area (Å²) >= 11 is 0. The molecule has 4 heteroatoms. The van der Waals surface area contributed by atoms with Gasteiger partial charge in [-0.1, -0.05) is 30.4 Å². The molecule has 3 N–H and O–H groups in total. The molecular weight excluding hydrogens is 128 g/mol. The van der Waals surface area contributed by atoms with E-state index in [-0.39, 0.29) is 0 Å². The molecule has 0 fully saturated rings. The summed E-state index contributed by atoms with van der Waals surface area (Å²) in [4.78, 5) is 0. The van der Waals surface area contributed by atoms with Crippen LogP contribution in [0.25, 0.3) is 0 Å². The maximum Gasteiger partial charge on any atom is 0.0336 e. The highest BCUT2D eigenvalue weighted by atomic mass is 15.5. The van der Waals surface area contributed by atoms with E-state index >= 15 is 0 Å². The van der Waals surface area contributed by atoms with E-state index < -0.39 is 0 Å². The molecule has 0 heterocycles. The van der Waals surface area contributed by atoms with Crippen LogP contribution in [-0.4, -0.2) is 0 Å². The number of nitrogens with two attached hydrogens (primary N) is 1. The van der Waals surface area contributed by atoms with Gasteiger partial charge < -0.3 is 5.84 Å². The number of rotatable bonds is 3. The molecule has 0 aliphatic heterocycles. The van der Waals surface area contributed by atoms with Crippen molar-refractivity contribution in [2.45, 2.75) is 20.8 Å². The first kappa shape index (κ1) is 8.94. The predicted molar refractivity (Wildman–Crippen MR) is 40.8 cm³/mol. The molecule has 0 aromatic rings. The number of nitrogens with one attached hydrogen (secondary N) is 1. The Bertz CT molecular complexity index is 137. The van der Waals surface area contributed by atoms with Crippen LogP contribution in [0.5, 0.6) is 0 Å². The first-order chi connectivity index (χ1) is 4.72. The minimum absolute atomic E-state index is 0.426. The molecule has 0 radical (unpaired) electrons. The maximum absolute atomic E-state index is 4.80. The van der Waals surface area contributed by atoms with Crippen molar-refractivity contribution in [3.05, 3.63) is 11.8 Å². The zero-order valence-corrected chi connectivity index (χ0v) is 6.63. The van der Waals surface area contributed by atoms with E-state index in [2.05, 4.69) is 29.7 Å². The quantitative estimate of drug-likeness (QED) is 0.355. The Balaban J connectivity index is 3.86. The van der Waals surface area contributed by atoms with Gasteiger partial charge in [0.2, 0.25) is 0 Å². The molecule has 10 heavy (non-hydrogen) atoms. The SMILES string of the molecule is C/C=C(\N/N=N\N)C(C)C. The Morgan fingerprint density at radius 3 is 2.50 bits per heavy atom. The predicted octanol–water partition coefficient (Wildman–Crippen LogP) is 1.38. The Morgan fingerprint density at radius 1 is 1.60 bits per heavy atom. The largest absolute Gasteiger partial charge is 0.303 e. The van der Waals surface area contributed by atoms with Gasteiger partial charge in [0.25, 0.3) is 0 Å². The van der Waals surface area contributed by atoms with E-state index in [4.69, 9.17) is 5.84 Å². The molecule has 58 valence electrons. The van der Waals surface area contributed by atoms with E-state index in [1.54, 1.807) is 0 Å². The van der Waals surface area contributed by atoms with Gasteiger partial charge in [-0.15, -0.1) is 0 Å². The molecule has 0 amide bonds. The van der Waals surface area contributed by atoms with Crippen LogP contribution in [0.1, 0.15) is 20.8 Å². The summed E-state index contributed by atoms with van der Waals surface area (Å²) in [6.45, 7) is 6.07. The van der Waals surface area contributed by atoms with Crippen molar-refractivity contribution in [3.63, 3.8) is 0 Å². The molecular formula is C6H14N4. The number of hydrogen-bond donors (Lipinski definition) is 2. The molecule has 0 saturated carbocycles. The van der Waals surface area contributed by atoms with Gasteiger partial charge in [0.05, 0.1) is 0 Å². The average Bonchev–Trinajstić information content (AvgIpc) is 1.89. The zero-order chi connectivity index (χ0) is 7.98. The van der Waals surface area contributed by atoms with Gasteiger partial charge in [0.1, 0.15) is 0 Å². The van der Waals surface area contributed by atoms with Crippen LogP contribution >= 0.6 is 0 Å². The third kappa shape index (κ3) is 3.06. The van der Waals surface area contributed by atoms with Crippen LogP contribution in [0.15, 0.2) is 22.2 Å². The molecule has 0 aromatic carbocycles.